The number of nitrogens with one attached hydrogen (secondary N) is 1. The Morgan fingerprint density at radius 1 is 0.846 bits per heavy atom. The maximum atomic E-state index is 10.9. The predicted octanol–water partition coefficient (Wildman–Crippen LogP) is 5.23. The van der Waals surface area contributed by atoms with Crippen LogP contribution in [0, 0.1) is 0 Å². The molecule has 1 aromatic heterocycles. The Kier molecular flexibility index (Phi) is 4.07. The number of aromatic nitrogens is 1. The van der Waals surface area contributed by atoms with Gasteiger partial charge in [0.2, 0.25) is 0 Å². The van der Waals surface area contributed by atoms with Crippen LogP contribution in [-0.2, 0) is 4.79 Å². The SMILES string of the molecule is O=C(O)/C=C/c1ccccc1Nc1c2ccccc2nc2ccccc12. The number of para-hydroxylation sites is 3. The maximum Gasteiger partial charge on any atom is 0.328 e. The molecule has 26 heavy (non-hydrogen) atoms. The fraction of sp³-hybridized carbons (Fsp3) is 0. The van der Waals surface area contributed by atoms with E-state index >= 15 is 0 Å². The third kappa shape index (κ3) is 3.00. The molecule has 0 aliphatic carbocycles. The molecule has 0 saturated heterocycles. The summed E-state index contributed by atoms with van der Waals surface area (Å²) in [6.45, 7) is 0. The van der Waals surface area contributed by atoms with Crippen LogP contribution < -0.4 is 5.32 Å². The lowest BCUT2D eigenvalue weighted by Gasteiger charge is -2.15. The number of anilines is 2. The zero-order valence-corrected chi connectivity index (χ0v) is 13.9. The maximum absolute atomic E-state index is 10.9. The van der Waals surface area contributed by atoms with Crippen molar-refractivity contribution in [3.05, 3.63) is 84.4 Å². The van der Waals surface area contributed by atoms with Gasteiger partial charge in [-0.25, -0.2) is 9.78 Å². The summed E-state index contributed by atoms with van der Waals surface area (Å²) in [6, 6.07) is 23.6. The van der Waals surface area contributed by atoms with E-state index in [1.807, 2.05) is 72.8 Å². The van der Waals surface area contributed by atoms with Gasteiger partial charge < -0.3 is 10.4 Å². The lowest BCUT2D eigenvalue weighted by molar-refractivity contribution is -0.131. The Balaban J connectivity index is 1.91. The summed E-state index contributed by atoms with van der Waals surface area (Å²) < 4.78 is 0. The number of hydrogen-bond acceptors (Lipinski definition) is 3. The number of aliphatic carboxylic acids is 1. The molecule has 0 atom stereocenters. The monoisotopic (exact) mass is 340 g/mol. The third-order valence-electron chi connectivity index (χ3n) is 4.21. The number of carbonyl (C=O) groups is 1. The van der Waals surface area contributed by atoms with E-state index < -0.39 is 5.97 Å². The van der Waals surface area contributed by atoms with E-state index in [0.717, 1.165) is 44.8 Å². The Morgan fingerprint density at radius 3 is 2.08 bits per heavy atom. The molecule has 4 rings (SSSR count). The molecular formula is C22H16N2O2. The van der Waals surface area contributed by atoms with Crippen molar-refractivity contribution in [2.24, 2.45) is 0 Å². The van der Waals surface area contributed by atoms with Crippen molar-refractivity contribution in [2.45, 2.75) is 0 Å². The van der Waals surface area contributed by atoms with Gasteiger partial charge in [0.15, 0.2) is 0 Å². The molecule has 0 radical (unpaired) electrons. The van der Waals surface area contributed by atoms with Gasteiger partial charge in [0, 0.05) is 22.5 Å². The third-order valence-corrected chi connectivity index (χ3v) is 4.21. The van der Waals surface area contributed by atoms with E-state index in [0.29, 0.717) is 0 Å². The van der Waals surface area contributed by atoms with Gasteiger partial charge in [-0.2, -0.15) is 0 Å². The summed E-state index contributed by atoms with van der Waals surface area (Å²) in [5.74, 6) is -0.973. The number of fused-ring (bicyclic) bond motifs is 2. The van der Waals surface area contributed by atoms with Crippen LogP contribution in [0.25, 0.3) is 27.9 Å². The summed E-state index contributed by atoms with van der Waals surface area (Å²) in [5, 5.41) is 14.5. The number of nitrogens with zero attached hydrogens (tertiary/aromatic N) is 1. The molecule has 2 N–H and O–H groups in total. The minimum atomic E-state index is -0.973. The van der Waals surface area contributed by atoms with E-state index in [1.54, 1.807) is 6.08 Å². The van der Waals surface area contributed by atoms with Crippen LogP contribution in [0.5, 0.6) is 0 Å². The number of hydrogen-bond donors (Lipinski definition) is 2. The van der Waals surface area contributed by atoms with E-state index in [9.17, 15) is 4.79 Å². The normalized spacial score (nSPS) is 11.2. The van der Waals surface area contributed by atoms with Crippen LogP contribution in [0.1, 0.15) is 5.56 Å². The molecule has 0 spiro atoms. The highest BCUT2D eigenvalue weighted by molar-refractivity contribution is 6.09. The minimum Gasteiger partial charge on any atom is -0.478 e. The van der Waals surface area contributed by atoms with Gasteiger partial charge in [-0.1, -0.05) is 54.6 Å². The highest BCUT2D eigenvalue weighted by atomic mass is 16.4. The van der Waals surface area contributed by atoms with Gasteiger partial charge in [0.1, 0.15) is 0 Å². The summed E-state index contributed by atoms with van der Waals surface area (Å²) in [4.78, 5) is 15.6. The van der Waals surface area contributed by atoms with Crippen molar-refractivity contribution in [2.75, 3.05) is 5.32 Å². The van der Waals surface area contributed by atoms with Gasteiger partial charge in [0.25, 0.3) is 0 Å². The lowest BCUT2D eigenvalue weighted by atomic mass is 10.1. The fourth-order valence-electron chi connectivity index (χ4n) is 3.03. The predicted molar refractivity (Wildman–Crippen MR) is 106 cm³/mol. The van der Waals surface area contributed by atoms with Gasteiger partial charge >= 0.3 is 5.97 Å². The second-order valence-electron chi connectivity index (χ2n) is 5.90. The fourth-order valence-corrected chi connectivity index (χ4v) is 3.03. The second kappa shape index (κ2) is 6.69. The average Bonchev–Trinajstić information content (AvgIpc) is 2.67. The minimum absolute atomic E-state index is 0.805. The largest absolute Gasteiger partial charge is 0.478 e. The van der Waals surface area contributed by atoms with Gasteiger partial charge in [-0.3, -0.25) is 0 Å². The number of rotatable bonds is 4. The summed E-state index contributed by atoms with van der Waals surface area (Å²) in [7, 11) is 0. The van der Waals surface area contributed by atoms with Crippen LogP contribution in [0.3, 0.4) is 0 Å². The van der Waals surface area contributed by atoms with Gasteiger partial charge in [-0.05, 0) is 29.8 Å². The first-order chi connectivity index (χ1) is 12.7. The molecule has 0 aliphatic heterocycles. The zero-order chi connectivity index (χ0) is 17.9. The molecule has 0 saturated carbocycles. The van der Waals surface area contributed by atoms with Crippen LogP contribution in [0.4, 0.5) is 11.4 Å². The smallest absolute Gasteiger partial charge is 0.328 e. The van der Waals surface area contributed by atoms with E-state index in [2.05, 4.69) is 5.32 Å². The zero-order valence-electron chi connectivity index (χ0n) is 13.9. The molecule has 1 heterocycles. The topological polar surface area (TPSA) is 62.2 Å². The standard InChI is InChI=1S/C22H16N2O2/c25-21(26)14-13-15-7-1-4-10-18(15)24-22-16-8-2-5-11-19(16)23-20-12-6-3-9-17(20)22/h1-14H,(H,23,24)(H,25,26)/b14-13+. The molecule has 3 aromatic carbocycles. The molecule has 4 aromatic rings. The second-order valence-corrected chi connectivity index (χ2v) is 5.90. The van der Waals surface area contributed by atoms with Crippen LogP contribution in [0.2, 0.25) is 0 Å². The molecule has 0 amide bonds. The first kappa shape index (κ1) is 15.8. The highest BCUT2D eigenvalue weighted by Crippen LogP contribution is 2.34. The highest BCUT2D eigenvalue weighted by Gasteiger charge is 2.10. The van der Waals surface area contributed by atoms with Crippen molar-refractivity contribution < 1.29 is 9.90 Å². The van der Waals surface area contributed by atoms with E-state index in [4.69, 9.17) is 10.1 Å². The number of pyridine rings is 1. The molecule has 0 fully saturated rings. The van der Waals surface area contributed by atoms with E-state index in [1.165, 1.54) is 0 Å². The number of carboxylic acid groups (broad SMARTS) is 1. The average molecular weight is 340 g/mol. The molecule has 126 valence electrons. The Hall–Kier alpha value is -3.66. The van der Waals surface area contributed by atoms with Crippen molar-refractivity contribution in [1.82, 2.24) is 4.98 Å². The Morgan fingerprint density at radius 2 is 1.42 bits per heavy atom. The number of carboxylic acids is 1. The van der Waals surface area contributed by atoms with Crippen LogP contribution >= 0.6 is 0 Å². The van der Waals surface area contributed by atoms with Crippen molar-refractivity contribution in [3.8, 4) is 0 Å². The molecule has 0 aliphatic rings. The lowest BCUT2D eigenvalue weighted by Crippen LogP contribution is -1.97. The van der Waals surface area contributed by atoms with E-state index in [-0.39, 0.29) is 0 Å². The first-order valence-electron chi connectivity index (χ1n) is 8.27. The summed E-state index contributed by atoms with van der Waals surface area (Å²) in [6.07, 6.45) is 2.74. The molecular weight excluding hydrogens is 324 g/mol. The van der Waals surface area contributed by atoms with Crippen molar-refractivity contribution in [1.29, 1.82) is 0 Å². The molecule has 0 unspecified atom stereocenters. The van der Waals surface area contributed by atoms with Crippen LogP contribution in [-0.4, -0.2) is 16.1 Å². The summed E-state index contributed by atoms with van der Waals surface area (Å²) >= 11 is 0. The number of benzene rings is 3. The summed E-state index contributed by atoms with van der Waals surface area (Å²) in [5.41, 5.74) is 4.42. The van der Waals surface area contributed by atoms with Crippen molar-refractivity contribution in [3.63, 3.8) is 0 Å². The van der Waals surface area contributed by atoms with Crippen LogP contribution in [0.15, 0.2) is 78.9 Å². The van der Waals surface area contributed by atoms with Gasteiger partial charge in [-0.15, -0.1) is 0 Å². The molecule has 4 nitrogen and oxygen atoms in total. The first-order valence-corrected chi connectivity index (χ1v) is 8.27. The molecule has 0 bridgehead atoms. The van der Waals surface area contributed by atoms with Gasteiger partial charge in [0.05, 0.1) is 16.7 Å². The Labute approximate surface area is 150 Å². The Bertz CT molecular complexity index is 1100. The van der Waals surface area contributed by atoms with Crippen molar-refractivity contribution >= 4 is 45.2 Å². The molecule has 4 heteroatoms. The quantitative estimate of drug-likeness (QED) is 0.394.